The second-order valence-corrected chi connectivity index (χ2v) is 6.68. The van der Waals surface area contributed by atoms with Gasteiger partial charge in [0, 0.05) is 15.3 Å². The van der Waals surface area contributed by atoms with Crippen LogP contribution in [0, 0.1) is 0 Å². The van der Waals surface area contributed by atoms with E-state index >= 15 is 0 Å². The third-order valence-electron chi connectivity index (χ3n) is 3.77. The van der Waals surface area contributed by atoms with Crippen LogP contribution in [0.2, 0.25) is 0 Å². The van der Waals surface area contributed by atoms with Crippen molar-refractivity contribution in [1.82, 2.24) is 5.43 Å². The lowest BCUT2D eigenvalue weighted by Crippen LogP contribution is -2.17. The second kappa shape index (κ2) is 9.00. The SMILES string of the molecule is CCOc1ccc(C(=O)N/N=C\c2ccc(-c3ccccc3)s2)cc1OC. The zero-order valence-corrected chi connectivity index (χ0v) is 16.0. The van der Waals surface area contributed by atoms with Crippen LogP contribution in [0.1, 0.15) is 22.2 Å². The lowest BCUT2D eigenvalue weighted by Gasteiger charge is -2.10. The quantitative estimate of drug-likeness (QED) is 0.482. The Bertz CT molecular complexity index is 936. The molecule has 0 aliphatic rings. The molecule has 0 fully saturated rings. The summed E-state index contributed by atoms with van der Waals surface area (Å²) < 4.78 is 10.7. The summed E-state index contributed by atoms with van der Waals surface area (Å²) in [5.74, 6) is 0.804. The van der Waals surface area contributed by atoms with Crippen LogP contribution in [0.3, 0.4) is 0 Å². The molecule has 5 nitrogen and oxygen atoms in total. The van der Waals surface area contributed by atoms with Crippen LogP contribution >= 0.6 is 11.3 Å². The maximum Gasteiger partial charge on any atom is 0.271 e. The van der Waals surface area contributed by atoms with E-state index in [0.29, 0.717) is 23.7 Å². The van der Waals surface area contributed by atoms with E-state index in [4.69, 9.17) is 9.47 Å². The fraction of sp³-hybridized carbons (Fsp3) is 0.143. The monoisotopic (exact) mass is 380 g/mol. The Morgan fingerprint density at radius 1 is 1.11 bits per heavy atom. The van der Waals surface area contributed by atoms with Crippen LogP contribution in [0.5, 0.6) is 11.5 Å². The van der Waals surface area contributed by atoms with Crippen molar-refractivity contribution in [2.75, 3.05) is 13.7 Å². The van der Waals surface area contributed by atoms with Gasteiger partial charge in [0.25, 0.3) is 5.91 Å². The first kappa shape index (κ1) is 18.7. The summed E-state index contributed by atoms with van der Waals surface area (Å²) in [6, 6.07) is 19.2. The van der Waals surface area contributed by atoms with Gasteiger partial charge >= 0.3 is 0 Å². The van der Waals surface area contributed by atoms with E-state index in [1.807, 2.05) is 37.3 Å². The van der Waals surface area contributed by atoms with Gasteiger partial charge in [0.05, 0.1) is 19.9 Å². The fourth-order valence-corrected chi connectivity index (χ4v) is 3.37. The lowest BCUT2D eigenvalue weighted by molar-refractivity contribution is 0.0954. The average molecular weight is 380 g/mol. The number of hydrazone groups is 1. The minimum Gasteiger partial charge on any atom is -0.493 e. The number of ether oxygens (including phenoxy) is 2. The van der Waals surface area contributed by atoms with Crippen molar-refractivity contribution < 1.29 is 14.3 Å². The number of nitrogens with one attached hydrogen (secondary N) is 1. The third kappa shape index (κ3) is 4.74. The number of rotatable bonds is 7. The van der Waals surface area contributed by atoms with Crippen LogP contribution in [0.25, 0.3) is 10.4 Å². The standard InChI is InChI=1S/C21H20N2O3S/c1-3-26-18-11-9-16(13-19(18)25-2)21(24)23-22-14-17-10-12-20(27-17)15-7-5-4-6-8-15/h4-14H,3H2,1-2H3,(H,23,24)/b22-14-. The van der Waals surface area contributed by atoms with E-state index in [1.54, 1.807) is 42.9 Å². The predicted molar refractivity (Wildman–Crippen MR) is 109 cm³/mol. The highest BCUT2D eigenvalue weighted by Crippen LogP contribution is 2.28. The molecule has 1 N–H and O–H groups in total. The molecule has 0 spiro atoms. The summed E-state index contributed by atoms with van der Waals surface area (Å²) in [7, 11) is 1.54. The highest BCUT2D eigenvalue weighted by molar-refractivity contribution is 7.17. The van der Waals surface area contributed by atoms with Crippen LogP contribution in [-0.4, -0.2) is 25.8 Å². The number of methoxy groups -OCH3 is 1. The first-order valence-corrected chi connectivity index (χ1v) is 9.32. The molecule has 0 saturated heterocycles. The Kier molecular flexibility index (Phi) is 6.22. The minimum absolute atomic E-state index is 0.313. The molecule has 2 aromatic carbocycles. The predicted octanol–water partition coefficient (Wildman–Crippen LogP) is 4.59. The van der Waals surface area contributed by atoms with Crippen molar-refractivity contribution in [3.63, 3.8) is 0 Å². The van der Waals surface area contributed by atoms with Gasteiger partial charge in [-0.05, 0) is 42.8 Å². The molecule has 27 heavy (non-hydrogen) atoms. The van der Waals surface area contributed by atoms with Crippen molar-refractivity contribution in [3.8, 4) is 21.9 Å². The molecular formula is C21H20N2O3S. The molecule has 1 amide bonds. The fourth-order valence-electron chi connectivity index (χ4n) is 2.48. The summed E-state index contributed by atoms with van der Waals surface area (Å²) in [6.45, 7) is 2.42. The Hall–Kier alpha value is -3.12. The molecule has 1 aromatic heterocycles. The van der Waals surface area contributed by atoms with Gasteiger partial charge in [0.1, 0.15) is 0 Å². The number of hydrogen-bond acceptors (Lipinski definition) is 5. The lowest BCUT2D eigenvalue weighted by atomic mass is 10.2. The molecule has 1 heterocycles. The van der Waals surface area contributed by atoms with Crippen LogP contribution < -0.4 is 14.9 Å². The van der Waals surface area contributed by atoms with E-state index in [0.717, 1.165) is 15.3 Å². The number of carbonyl (C=O) groups excluding carboxylic acids is 1. The Morgan fingerprint density at radius 3 is 2.67 bits per heavy atom. The van der Waals surface area contributed by atoms with Gasteiger partial charge in [-0.1, -0.05) is 30.3 Å². The minimum atomic E-state index is -0.313. The molecular weight excluding hydrogens is 360 g/mol. The van der Waals surface area contributed by atoms with E-state index in [-0.39, 0.29) is 5.91 Å². The second-order valence-electron chi connectivity index (χ2n) is 5.57. The maximum absolute atomic E-state index is 12.3. The Balaban J connectivity index is 1.64. The van der Waals surface area contributed by atoms with Gasteiger partial charge in [0.2, 0.25) is 0 Å². The van der Waals surface area contributed by atoms with E-state index in [2.05, 4.69) is 22.7 Å². The molecule has 0 radical (unpaired) electrons. The van der Waals surface area contributed by atoms with E-state index < -0.39 is 0 Å². The highest BCUT2D eigenvalue weighted by Gasteiger charge is 2.10. The van der Waals surface area contributed by atoms with E-state index in [9.17, 15) is 4.79 Å². The van der Waals surface area contributed by atoms with Crippen LogP contribution in [-0.2, 0) is 0 Å². The van der Waals surface area contributed by atoms with Crippen LogP contribution in [0.15, 0.2) is 65.8 Å². The van der Waals surface area contributed by atoms with Gasteiger partial charge in [-0.2, -0.15) is 5.10 Å². The molecule has 3 aromatic rings. The van der Waals surface area contributed by atoms with Crippen molar-refractivity contribution >= 4 is 23.5 Å². The molecule has 3 rings (SSSR count). The normalized spacial score (nSPS) is 10.7. The van der Waals surface area contributed by atoms with Gasteiger partial charge in [-0.15, -0.1) is 11.3 Å². The van der Waals surface area contributed by atoms with Crippen molar-refractivity contribution in [2.45, 2.75) is 6.92 Å². The van der Waals surface area contributed by atoms with Crippen molar-refractivity contribution in [2.24, 2.45) is 5.10 Å². The Labute approximate surface area is 162 Å². The van der Waals surface area contributed by atoms with Gasteiger partial charge in [-0.3, -0.25) is 4.79 Å². The molecule has 0 unspecified atom stereocenters. The number of nitrogens with zero attached hydrogens (tertiary/aromatic N) is 1. The molecule has 6 heteroatoms. The summed E-state index contributed by atoms with van der Waals surface area (Å²) in [5, 5.41) is 4.05. The number of carbonyl (C=O) groups is 1. The zero-order chi connectivity index (χ0) is 19.1. The summed E-state index contributed by atoms with van der Waals surface area (Å²) in [5.41, 5.74) is 4.15. The smallest absolute Gasteiger partial charge is 0.271 e. The van der Waals surface area contributed by atoms with Crippen molar-refractivity contribution in [3.05, 3.63) is 71.1 Å². The maximum atomic E-state index is 12.3. The topological polar surface area (TPSA) is 59.9 Å². The summed E-state index contributed by atoms with van der Waals surface area (Å²) in [6.07, 6.45) is 1.64. The highest BCUT2D eigenvalue weighted by atomic mass is 32.1. The summed E-state index contributed by atoms with van der Waals surface area (Å²) >= 11 is 1.61. The molecule has 0 atom stereocenters. The van der Waals surface area contributed by atoms with Crippen LogP contribution in [0.4, 0.5) is 0 Å². The van der Waals surface area contributed by atoms with Gasteiger partial charge in [0.15, 0.2) is 11.5 Å². The van der Waals surface area contributed by atoms with Gasteiger partial charge in [-0.25, -0.2) is 5.43 Å². The number of benzene rings is 2. The molecule has 0 saturated carbocycles. The zero-order valence-electron chi connectivity index (χ0n) is 15.1. The number of amides is 1. The number of thiophene rings is 1. The first-order valence-electron chi connectivity index (χ1n) is 8.50. The number of hydrogen-bond donors (Lipinski definition) is 1. The molecule has 0 aliphatic heterocycles. The molecule has 138 valence electrons. The molecule has 0 bridgehead atoms. The van der Waals surface area contributed by atoms with Crippen molar-refractivity contribution in [1.29, 1.82) is 0 Å². The van der Waals surface area contributed by atoms with Gasteiger partial charge < -0.3 is 9.47 Å². The van der Waals surface area contributed by atoms with E-state index in [1.165, 1.54) is 0 Å². The molecule has 0 aliphatic carbocycles. The third-order valence-corrected chi connectivity index (χ3v) is 4.84. The summed E-state index contributed by atoms with van der Waals surface area (Å²) in [4.78, 5) is 14.4. The first-order chi connectivity index (χ1) is 13.2. The largest absolute Gasteiger partial charge is 0.493 e. The Morgan fingerprint density at radius 2 is 1.93 bits per heavy atom. The average Bonchev–Trinajstić information content (AvgIpc) is 3.18.